The van der Waals surface area contributed by atoms with E-state index in [1.54, 1.807) is 7.11 Å². The number of benzene rings is 2. The molecular formula is C19H23NO3. The van der Waals surface area contributed by atoms with Crippen molar-refractivity contribution in [3.05, 3.63) is 59.7 Å². The van der Waals surface area contributed by atoms with Gasteiger partial charge in [-0.3, -0.25) is 4.79 Å². The third kappa shape index (κ3) is 4.83. The van der Waals surface area contributed by atoms with Crippen LogP contribution in [0.4, 0.5) is 5.69 Å². The average Bonchev–Trinajstić information content (AvgIpc) is 2.54. The van der Waals surface area contributed by atoms with E-state index in [0.717, 1.165) is 22.6 Å². The smallest absolute Gasteiger partial charge is 0.265 e. The Balaban J connectivity index is 2.05. The highest BCUT2D eigenvalue weighted by Gasteiger charge is 2.19. The SMILES string of the molecule is CC[C@@H](Oc1ccccc1C)C(=O)Nc1cccc(COC)c1. The van der Waals surface area contributed by atoms with Gasteiger partial charge in [-0.15, -0.1) is 0 Å². The number of para-hydroxylation sites is 1. The third-order valence-electron chi connectivity index (χ3n) is 3.53. The number of amides is 1. The van der Waals surface area contributed by atoms with Gasteiger partial charge in [-0.1, -0.05) is 37.3 Å². The molecular weight excluding hydrogens is 290 g/mol. The third-order valence-corrected chi connectivity index (χ3v) is 3.53. The molecule has 0 aliphatic rings. The Labute approximate surface area is 137 Å². The Morgan fingerprint density at radius 2 is 1.96 bits per heavy atom. The van der Waals surface area contributed by atoms with Crippen LogP contribution in [-0.4, -0.2) is 19.1 Å². The maximum Gasteiger partial charge on any atom is 0.265 e. The lowest BCUT2D eigenvalue weighted by atomic mass is 10.2. The van der Waals surface area contributed by atoms with Crippen molar-refractivity contribution in [2.75, 3.05) is 12.4 Å². The number of nitrogens with one attached hydrogen (secondary N) is 1. The van der Waals surface area contributed by atoms with E-state index < -0.39 is 6.10 Å². The summed E-state index contributed by atoms with van der Waals surface area (Å²) in [4.78, 5) is 12.5. The van der Waals surface area contributed by atoms with Gasteiger partial charge in [0.1, 0.15) is 5.75 Å². The summed E-state index contributed by atoms with van der Waals surface area (Å²) in [6.07, 6.45) is 0.0694. The first-order valence-electron chi connectivity index (χ1n) is 7.75. The lowest BCUT2D eigenvalue weighted by molar-refractivity contribution is -0.122. The lowest BCUT2D eigenvalue weighted by Gasteiger charge is -2.18. The molecule has 4 heteroatoms. The highest BCUT2D eigenvalue weighted by molar-refractivity contribution is 5.94. The first-order chi connectivity index (χ1) is 11.1. The Kier molecular flexibility index (Phi) is 6.18. The molecule has 2 aromatic rings. The van der Waals surface area contributed by atoms with Crippen molar-refractivity contribution < 1.29 is 14.3 Å². The maximum atomic E-state index is 12.5. The lowest BCUT2D eigenvalue weighted by Crippen LogP contribution is -2.32. The van der Waals surface area contributed by atoms with Crippen molar-refractivity contribution >= 4 is 11.6 Å². The number of hydrogen-bond donors (Lipinski definition) is 1. The Bertz CT molecular complexity index is 655. The number of hydrogen-bond acceptors (Lipinski definition) is 3. The minimum Gasteiger partial charge on any atom is -0.480 e. The van der Waals surface area contributed by atoms with Crippen LogP contribution in [0.3, 0.4) is 0 Å². The number of rotatable bonds is 7. The van der Waals surface area contributed by atoms with Gasteiger partial charge in [0, 0.05) is 12.8 Å². The minimum absolute atomic E-state index is 0.148. The fourth-order valence-electron chi connectivity index (χ4n) is 2.29. The van der Waals surface area contributed by atoms with Crippen molar-refractivity contribution in [2.24, 2.45) is 0 Å². The van der Waals surface area contributed by atoms with Gasteiger partial charge in [-0.25, -0.2) is 0 Å². The largest absolute Gasteiger partial charge is 0.480 e. The fourth-order valence-corrected chi connectivity index (χ4v) is 2.29. The normalized spacial score (nSPS) is 11.8. The molecule has 0 heterocycles. The first-order valence-corrected chi connectivity index (χ1v) is 7.75. The molecule has 0 unspecified atom stereocenters. The second kappa shape index (κ2) is 8.34. The van der Waals surface area contributed by atoms with E-state index in [-0.39, 0.29) is 5.91 Å². The van der Waals surface area contributed by atoms with E-state index in [0.29, 0.717) is 13.0 Å². The molecule has 2 rings (SSSR count). The molecule has 0 radical (unpaired) electrons. The van der Waals surface area contributed by atoms with E-state index in [4.69, 9.17) is 9.47 Å². The van der Waals surface area contributed by atoms with Crippen LogP contribution in [0.2, 0.25) is 0 Å². The van der Waals surface area contributed by atoms with Gasteiger partial charge in [0.15, 0.2) is 6.10 Å². The zero-order valence-corrected chi connectivity index (χ0v) is 13.8. The molecule has 23 heavy (non-hydrogen) atoms. The van der Waals surface area contributed by atoms with Crippen LogP contribution in [0.15, 0.2) is 48.5 Å². The first kappa shape index (κ1) is 17.0. The van der Waals surface area contributed by atoms with Crippen LogP contribution in [0.25, 0.3) is 0 Å². The molecule has 2 aromatic carbocycles. The van der Waals surface area contributed by atoms with E-state index in [1.807, 2.05) is 62.4 Å². The summed E-state index contributed by atoms with van der Waals surface area (Å²) in [5, 5.41) is 2.91. The summed E-state index contributed by atoms with van der Waals surface area (Å²) >= 11 is 0. The molecule has 1 N–H and O–H groups in total. The second-order valence-corrected chi connectivity index (χ2v) is 5.40. The van der Waals surface area contributed by atoms with Gasteiger partial charge >= 0.3 is 0 Å². The van der Waals surface area contributed by atoms with Crippen LogP contribution in [0.1, 0.15) is 24.5 Å². The number of carbonyl (C=O) groups is 1. The van der Waals surface area contributed by atoms with E-state index in [2.05, 4.69) is 5.32 Å². The van der Waals surface area contributed by atoms with Gasteiger partial charge in [0.25, 0.3) is 5.91 Å². The Morgan fingerprint density at radius 3 is 2.65 bits per heavy atom. The zero-order chi connectivity index (χ0) is 16.7. The Morgan fingerprint density at radius 1 is 1.17 bits per heavy atom. The van der Waals surface area contributed by atoms with Crippen LogP contribution in [-0.2, 0) is 16.1 Å². The molecule has 0 aromatic heterocycles. The van der Waals surface area contributed by atoms with Crippen LogP contribution >= 0.6 is 0 Å². The quantitative estimate of drug-likeness (QED) is 0.842. The monoisotopic (exact) mass is 313 g/mol. The average molecular weight is 313 g/mol. The molecule has 0 fully saturated rings. The molecule has 0 aliphatic carbocycles. The number of methoxy groups -OCH3 is 1. The Hall–Kier alpha value is -2.33. The van der Waals surface area contributed by atoms with E-state index in [9.17, 15) is 4.79 Å². The predicted octanol–water partition coefficient (Wildman–Crippen LogP) is 3.94. The molecule has 1 atom stereocenters. The van der Waals surface area contributed by atoms with Crippen LogP contribution in [0, 0.1) is 6.92 Å². The van der Waals surface area contributed by atoms with Gasteiger partial charge in [0.05, 0.1) is 6.61 Å². The number of ether oxygens (including phenoxy) is 2. The number of anilines is 1. The van der Waals surface area contributed by atoms with Crippen molar-refractivity contribution in [2.45, 2.75) is 33.0 Å². The molecule has 0 spiro atoms. The second-order valence-electron chi connectivity index (χ2n) is 5.40. The van der Waals surface area contributed by atoms with Gasteiger partial charge in [-0.2, -0.15) is 0 Å². The summed E-state index contributed by atoms with van der Waals surface area (Å²) in [7, 11) is 1.65. The molecule has 1 amide bonds. The molecule has 0 aliphatic heterocycles. The maximum absolute atomic E-state index is 12.5. The van der Waals surface area contributed by atoms with Gasteiger partial charge in [-0.05, 0) is 42.7 Å². The summed E-state index contributed by atoms with van der Waals surface area (Å²) in [6, 6.07) is 15.3. The van der Waals surface area contributed by atoms with Crippen molar-refractivity contribution in [3.8, 4) is 5.75 Å². The van der Waals surface area contributed by atoms with Gasteiger partial charge in [0.2, 0.25) is 0 Å². The minimum atomic E-state index is -0.526. The summed E-state index contributed by atoms with van der Waals surface area (Å²) in [5.41, 5.74) is 2.77. The van der Waals surface area contributed by atoms with Crippen LogP contribution < -0.4 is 10.1 Å². The van der Waals surface area contributed by atoms with E-state index in [1.165, 1.54) is 0 Å². The number of aryl methyl sites for hydroxylation is 1. The van der Waals surface area contributed by atoms with Crippen LogP contribution in [0.5, 0.6) is 5.75 Å². The number of carbonyl (C=O) groups excluding carboxylic acids is 1. The van der Waals surface area contributed by atoms with Gasteiger partial charge < -0.3 is 14.8 Å². The zero-order valence-electron chi connectivity index (χ0n) is 13.8. The summed E-state index contributed by atoms with van der Waals surface area (Å²) in [6.45, 7) is 4.42. The summed E-state index contributed by atoms with van der Waals surface area (Å²) in [5.74, 6) is 0.591. The molecule has 122 valence electrons. The molecule has 4 nitrogen and oxygen atoms in total. The molecule has 0 saturated carbocycles. The van der Waals surface area contributed by atoms with Crippen molar-refractivity contribution in [1.29, 1.82) is 0 Å². The summed E-state index contributed by atoms with van der Waals surface area (Å²) < 4.78 is 11.0. The van der Waals surface area contributed by atoms with Crippen molar-refractivity contribution in [1.82, 2.24) is 0 Å². The molecule has 0 saturated heterocycles. The van der Waals surface area contributed by atoms with Crippen molar-refractivity contribution in [3.63, 3.8) is 0 Å². The topological polar surface area (TPSA) is 47.6 Å². The highest BCUT2D eigenvalue weighted by atomic mass is 16.5. The predicted molar refractivity (Wildman–Crippen MR) is 91.7 cm³/mol. The fraction of sp³-hybridized carbons (Fsp3) is 0.316. The van der Waals surface area contributed by atoms with E-state index >= 15 is 0 Å². The standard InChI is InChI=1S/C19H23NO3/c1-4-17(23-18-11-6-5-8-14(18)2)19(21)20-16-10-7-9-15(12-16)13-22-3/h5-12,17H,4,13H2,1-3H3,(H,20,21)/t17-/m1/s1. The molecule has 0 bridgehead atoms. The highest BCUT2D eigenvalue weighted by Crippen LogP contribution is 2.20.